The Kier molecular flexibility index (Phi) is 3.09. The molecular formula is C13H9F2N3O2S. The van der Waals surface area contributed by atoms with Crippen LogP contribution in [0, 0.1) is 11.6 Å². The summed E-state index contributed by atoms with van der Waals surface area (Å²) in [6.45, 7) is 0. The van der Waals surface area contributed by atoms with Crippen LogP contribution in [-0.2, 0) is 10.0 Å². The average Bonchev–Trinajstić information content (AvgIpc) is 2.84. The van der Waals surface area contributed by atoms with E-state index in [9.17, 15) is 17.2 Å². The molecule has 8 heteroatoms. The molecule has 0 fully saturated rings. The highest BCUT2D eigenvalue weighted by molar-refractivity contribution is 7.92. The molecule has 0 saturated carbocycles. The Morgan fingerprint density at radius 2 is 1.76 bits per heavy atom. The molecule has 0 bridgehead atoms. The van der Waals surface area contributed by atoms with Crippen molar-refractivity contribution in [1.29, 1.82) is 0 Å². The molecule has 0 aliphatic carbocycles. The van der Waals surface area contributed by atoms with E-state index in [1.165, 1.54) is 6.07 Å². The molecule has 1 N–H and O–H groups in total. The van der Waals surface area contributed by atoms with Crippen LogP contribution in [0.5, 0.6) is 0 Å². The number of nitrogens with one attached hydrogen (secondary N) is 1. The summed E-state index contributed by atoms with van der Waals surface area (Å²) in [5, 5.41) is 3.98. The smallest absolute Gasteiger partial charge is 0.262 e. The van der Waals surface area contributed by atoms with Gasteiger partial charge in [0.25, 0.3) is 10.0 Å². The maximum atomic E-state index is 13.1. The standard InChI is InChI=1S/C13H9F2N3O2S/c14-9-5-10(15)7-13(6-9)21(19,20)17-11-2-4-18-12(8-11)1-3-16-18/h1-8,17H. The molecule has 5 nitrogen and oxygen atoms in total. The third kappa shape index (κ3) is 2.70. The van der Waals surface area contributed by atoms with Crippen LogP contribution in [0.2, 0.25) is 0 Å². The van der Waals surface area contributed by atoms with Gasteiger partial charge in [0.2, 0.25) is 0 Å². The lowest BCUT2D eigenvalue weighted by atomic mass is 10.3. The van der Waals surface area contributed by atoms with Crippen molar-refractivity contribution in [2.24, 2.45) is 0 Å². The number of aromatic nitrogens is 2. The summed E-state index contributed by atoms with van der Waals surface area (Å²) in [4.78, 5) is -0.478. The van der Waals surface area contributed by atoms with Gasteiger partial charge >= 0.3 is 0 Å². The average molecular weight is 309 g/mol. The topological polar surface area (TPSA) is 63.5 Å². The van der Waals surface area contributed by atoms with Gasteiger partial charge < -0.3 is 0 Å². The molecule has 0 saturated heterocycles. The highest BCUT2D eigenvalue weighted by Gasteiger charge is 2.16. The van der Waals surface area contributed by atoms with Crippen molar-refractivity contribution in [3.63, 3.8) is 0 Å². The van der Waals surface area contributed by atoms with Crippen molar-refractivity contribution in [3.05, 3.63) is 60.4 Å². The zero-order valence-electron chi connectivity index (χ0n) is 10.5. The summed E-state index contributed by atoms with van der Waals surface area (Å²) < 4.78 is 54.3. The van der Waals surface area contributed by atoms with E-state index in [-0.39, 0.29) is 5.69 Å². The quantitative estimate of drug-likeness (QED) is 0.808. The molecule has 1 aromatic carbocycles. The van der Waals surface area contributed by atoms with Crippen molar-refractivity contribution in [2.45, 2.75) is 4.90 Å². The molecule has 0 amide bonds. The van der Waals surface area contributed by atoms with Crippen LogP contribution >= 0.6 is 0 Å². The second kappa shape index (κ2) is 4.81. The van der Waals surface area contributed by atoms with E-state index < -0.39 is 26.6 Å². The number of hydrogen-bond acceptors (Lipinski definition) is 3. The second-order valence-electron chi connectivity index (χ2n) is 4.33. The van der Waals surface area contributed by atoms with Gasteiger partial charge in [-0.2, -0.15) is 5.10 Å². The van der Waals surface area contributed by atoms with Crippen LogP contribution in [0.25, 0.3) is 5.52 Å². The number of sulfonamides is 1. The van der Waals surface area contributed by atoms with E-state index in [4.69, 9.17) is 0 Å². The molecule has 0 spiro atoms. The lowest BCUT2D eigenvalue weighted by Gasteiger charge is -2.08. The Bertz CT molecular complexity index is 902. The van der Waals surface area contributed by atoms with Crippen LogP contribution < -0.4 is 4.72 Å². The van der Waals surface area contributed by atoms with Gasteiger partial charge in [0, 0.05) is 18.5 Å². The van der Waals surface area contributed by atoms with Crippen LogP contribution in [0.3, 0.4) is 0 Å². The monoisotopic (exact) mass is 309 g/mol. The van der Waals surface area contributed by atoms with Gasteiger partial charge in [-0.25, -0.2) is 21.7 Å². The van der Waals surface area contributed by atoms with E-state index in [0.717, 1.165) is 12.1 Å². The molecule has 2 heterocycles. The molecule has 21 heavy (non-hydrogen) atoms. The highest BCUT2D eigenvalue weighted by atomic mass is 32.2. The number of nitrogens with zero attached hydrogens (tertiary/aromatic N) is 2. The summed E-state index contributed by atoms with van der Waals surface area (Å²) in [6, 6.07) is 6.86. The van der Waals surface area contributed by atoms with Crippen LogP contribution in [-0.4, -0.2) is 18.0 Å². The third-order valence-electron chi connectivity index (χ3n) is 2.80. The van der Waals surface area contributed by atoms with E-state index >= 15 is 0 Å². The fourth-order valence-corrected chi connectivity index (χ4v) is 2.97. The molecule has 0 aliphatic rings. The van der Waals surface area contributed by atoms with Gasteiger partial charge in [-0.15, -0.1) is 0 Å². The summed E-state index contributed by atoms with van der Waals surface area (Å²) in [7, 11) is -4.07. The van der Waals surface area contributed by atoms with Crippen molar-refractivity contribution in [2.75, 3.05) is 4.72 Å². The summed E-state index contributed by atoms with van der Waals surface area (Å²) in [5.74, 6) is -1.91. The van der Waals surface area contributed by atoms with Crippen LogP contribution in [0.1, 0.15) is 0 Å². The van der Waals surface area contributed by atoms with Crippen LogP contribution in [0.15, 0.2) is 53.7 Å². The number of hydrogen-bond donors (Lipinski definition) is 1. The van der Waals surface area contributed by atoms with Gasteiger partial charge in [-0.05, 0) is 30.3 Å². The molecule has 108 valence electrons. The minimum atomic E-state index is -4.07. The van der Waals surface area contributed by atoms with Crippen molar-refractivity contribution in [1.82, 2.24) is 9.61 Å². The molecule has 3 rings (SSSR count). The molecule has 3 aromatic rings. The zero-order valence-corrected chi connectivity index (χ0v) is 11.3. The van der Waals surface area contributed by atoms with Crippen molar-refractivity contribution in [3.8, 4) is 0 Å². The maximum Gasteiger partial charge on any atom is 0.262 e. The van der Waals surface area contributed by atoms with E-state index in [1.54, 1.807) is 29.0 Å². The molecule has 0 unspecified atom stereocenters. The van der Waals surface area contributed by atoms with Gasteiger partial charge in [0.1, 0.15) is 11.6 Å². The predicted octanol–water partition coefficient (Wildman–Crippen LogP) is 2.41. The normalized spacial score (nSPS) is 11.7. The summed E-state index contributed by atoms with van der Waals surface area (Å²) in [5.41, 5.74) is 0.952. The first-order chi connectivity index (χ1) is 9.94. The Hall–Kier alpha value is -2.48. The molecular weight excluding hydrogens is 300 g/mol. The predicted molar refractivity (Wildman–Crippen MR) is 72.4 cm³/mol. The minimum Gasteiger partial charge on any atom is -0.279 e. The molecule has 0 aliphatic heterocycles. The Morgan fingerprint density at radius 3 is 2.48 bits per heavy atom. The largest absolute Gasteiger partial charge is 0.279 e. The maximum absolute atomic E-state index is 13.1. The Labute approximate surface area is 118 Å². The van der Waals surface area contributed by atoms with Crippen molar-refractivity contribution >= 4 is 21.2 Å². The Balaban J connectivity index is 1.98. The number of halogens is 2. The zero-order chi connectivity index (χ0) is 15.0. The SMILES string of the molecule is O=S(=O)(Nc1ccn2nccc2c1)c1cc(F)cc(F)c1. The fraction of sp³-hybridized carbons (Fsp3) is 0. The van der Waals surface area contributed by atoms with Crippen LogP contribution in [0.4, 0.5) is 14.5 Å². The van der Waals surface area contributed by atoms with Gasteiger partial charge in [-0.3, -0.25) is 4.72 Å². The number of rotatable bonds is 3. The lowest BCUT2D eigenvalue weighted by molar-refractivity contribution is 0.568. The first kappa shape index (κ1) is 13.5. The number of pyridine rings is 1. The highest BCUT2D eigenvalue weighted by Crippen LogP contribution is 2.19. The summed E-state index contributed by atoms with van der Waals surface area (Å²) in [6.07, 6.45) is 3.13. The lowest BCUT2D eigenvalue weighted by Crippen LogP contribution is -2.13. The number of anilines is 1. The molecule has 2 aromatic heterocycles. The minimum absolute atomic E-state index is 0.271. The van der Waals surface area contributed by atoms with E-state index in [0.29, 0.717) is 11.6 Å². The first-order valence-electron chi connectivity index (χ1n) is 5.86. The third-order valence-corrected chi connectivity index (χ3v) is 4.16. The van der Waals surface area contributed by atoms with Crippen molar-refractivity contribution < 1.29 is 17.2 Å². The molecule has 0 radical (unpaired) electrons. The number of benzene rings is 1. The fourth-order valence-electron chi connectivity index (χ4n) is 1.88. The van der Waals surface area contributed by atoms with Gasteiger partial charge in [-0.1, -0.05) is 0 Å². The van der Waals surface area contributed by atoms with E-state index in [2.05, 4.69) is 9.82 Å². The Morgan fingerprint density at radius 1 is 1.05 bits per heavy atom. The number of fused-ring (bicyclic) bond motifs is 1. The van der Waals surface area contributed by atoms with Gasteiger partial charge in [0.15, 0.2) is 0 Å². The molecule has 0 atom stereocenters. The summed E-state index contributed by atoms with van der Waals surface area (Å²) >= 11 is 0. The second-order valence-corrected chi connectivity index (χ2v) is 6.01. The van der Waals surface area contributed by atoms with Gasteiger partial charge in [0.05, 0.1) is 16.1 Å². The van der Waals surface area contributed by atoms with E-state index in [1.807, 2.05) is 0 Å². The first-order valence-corrected chi connectivity index (χ1v) is 7.35.